The minimum atomic E-state index is -0.661. The molecule has 0 spiro atoms. The minimum Gasteiger partial charge on any atom is -0.476 e. The largest absolute Gasteiger partial charge is 0.476 e. The molecule has 0 aliphatic heterocycles. The van der Waals surface area contributed by atoms with Crippen LogP contribution in [-0.2, 0) is 0 Å². The van der Waals surface area contributed by atoms with E-state index < -0.39 is 5.82 Å². The average Bonchev–Trinajstić information content (AvgIpc) is 2.13. The highest BCUT2D eigenvalue weighted by atomic mass is 79.9. The Morgan fingerprint density at radius 3 is 2.92 bits per heavy atom. The normalized spacial score (nSPS) is 9.38. The Hall–Kier alpha value is -0.790. The number of halogens is 3. The van der Waals surface area contributed by atoms with Crippen LogP contribution in [-0.4, -0.2) is 6.61 Å². The van der Waals surface area contributed by atoms with Crippen LogP contribution in [0.4, 0.5) is 4.39 Å². The first-order valence-electron chi connectivity index (χ1n) is 3.30. The lowest BCUT2D eigenvalue weighted by atomic mass is 10.3. The Kier molecular flexibility index (Phi) is 3.52. The molecular weight excluding hydrogens is 260 g/mol. The Bertz CT molecular complexity index is 364. The molecule has 0 atom stereocenters. The average molecular weight is 264 g/mol. The fraction of sp³-hybridized carbons (Fsp3) is 0.125. The van der Waals surface area contributed by atoms with Crippen LogP contribution in [0.3, 0.4) is 0 Å². The van der Waals surface area contributed by atoms with E-state index in [9.17, 15) is 4.39 Å². The van der Waals surface area contributed by atoms with Gasteiger partial charge in [-0.1, -0.05) is 11.6 Å². The van der Waals surface area contributed by atoms with Crippen molar-refractivity contribution >= 4 is 27.5 Å². The summed E-state index contributed by atoms with van der Waals surface area (Å²) in [5, 5.41) is 8.16. The second-order valence-electron chi connectivity index (χ2n) is 2.12. The molecule has 0 unspecified atom stereocenters. The van der Waals surface area contributed by atoms with Gasteiger partial charge in [-0.2, -0.15) is 5.26 Å². The van der Waals surface area contributed by atoms with Crippen LogP contribution in [0.15, 0.2) is 16.6 Å². The first-order chi connectivity index (χ1) is 6.16. The van der Waals surface area contributed by atoms with E-state index in [0.717, 1.165) is 0 Å². The van der Waals surface area contributed by atoms with Gasteiger partial charge in [0.1, 0.15) is 6.07 Å². The fourth-order valence-corrected chi connectivity index (χ4v) is 1.19. The molecule has 1 rings (SSSR count). The Balaban J connectivity index is 2.98. The van der Waals surface area contributed by atoms with Gasteiger partial charge in [0.15, 0.2) is 18.2 Å². The van der Waals surface area contributed by atoms with Crippen molar-refractivity contribution in [1.82, 2.24) is 0 Å². The lowest BCUT2D eigenvalue weighted by Gasteiger charge is -2.04. The molecule has 0 radical (unpaired) electrons. The Morgan fingerprint density at radius 1 is 1.62 bits per heavy atom. The number of benzene rings is 1. The summed E-state index contributed by atoms with van der Waals surface area (Å²) in [6.45, 7) is -0.200. The summed E-state index contributed by atoms with van der Waals surface area (Å²) in [6, 6.07) is 4.69. The lowest BCUT2D eigenvalue weighted by molar-refractivity contribution is 0.346. The lowest BCUT2D eigenvalue weighted by Crippen LogP contribution is -1.96. The number of nitriles is 1. The molecule has 0 aromatic heterocycles. The molecular formula is C8H4BrClFNO. The first-order valence-corrected chi connectivity index (χ1v) is 4.47. The predicted molar refractivity (Wildman–Crippen MR) is 50.2 cm³/mol. The summed E-state index contributed by atoms with van der Waals surface area (Å²) in [4.78, 5) is 0. The summed E-state index contributed by atoms with van der Waals surface area (Å²) in [5.41, 5.74) is 0. The second-order valence-corrected chi connectivity index (χ2v) is 3.35. The van der Waals surface area contributed by atoms with Gasteiger partial charge in [0.05, 0.1) is 5.02 Å². The molecule has 0 heterocycles. The summed E-state index contributed by atoms with van der Waals surface area (Å²) >= 11 is 8.63. The smallest absolute Gasteiger partial charge is 0.184 e. The molecule has 5 heteroatoms. The van der Waals surface area contributed by atoms with Gasteiger partial charge in [0.2, 0.25) is 0 Å². The maximum Gasteiger partial charge on any atom is 0.184 e. The topological polar surface area (TPSA) is 33.0 Å². The fourth-order valence-electron chi connectivity index (χ4n) is 0.730. The standard InChI is InChI=1S/C8H4BrClFNO/c9-5-1-2-6(13-4-3-12)8(11)7(5)10/h1-2H,4H2. The van der Waals surface area contributed by atoms with E-state index in [1.807, 2.05) is 0 Å². The third kappa shape index (κ3) is 2.33. The SMILES string of the molecule is N#CCOc1ccc(Br)c(Cl)c1F. The zero-order chi connectivity index (χ0) is 9.84. The Labute approximate surface area is 88.0 Å². The van der Waals surface area contributed by atoms with Gasteiger partial charge in [-0.25, -0.2) is 4.39 Å². The maximum atomic E-state index is 13.2. The quantitative estimate of drug-likeness (QED) is 0.769. The summed E-state index contributed by atoms with van der Waals surface area (Å²) in [6.07, 6.45) is 0. The third-order valence-electron chi connectivity index (χ3n) is 1.29. The molecule has 1 aromatic carbocycles. The summed E-state index contributed by atoms with van der Waals surface area (Å²) in [7, 11) is 0. The van der Waals surface area contributed by atoms with Gasteiger partial charge in [-0.3, -0.25) is 0 Å². The highest BCUT2D eigenvalue weighted by molar-refractivity contribution is 9.10. The molecule has 13 heavy (non-hydrogen) atoms. The van der Waals surface area contributed by atoms with Gasteiger partial charge in [-0.05, 0) is 28.1 Å². The minimum absolute atomic E-state index is 0.0187. The maximum absolute atomic E-state index is 13.2. The Morgan fingerprint density at radius 2 is 2.31 bits per heavy atom. The number of rotatable bonds is 2. The van der Waals surface area contributed by atoms with E-state index in [-0.39, 0.29) is 17.4 Å². The van der Waals surface area contributed by atoms with Crippen LogP contribution < -0.4 is 4.74 Å². The van der Waals surface area contributed by atoms with E-state index in [1.165, 1.54) is 6.07 Å². The third-order valence-corrected chi connectivity index (χ3v) is 2.55. The number of ether oxygens (including phenoxy) is 1. The highest BCUT2D eigenvalue weighted by Gasteiger charge is 2.10. The zero-order valence-corrected chi connectivity index (χ0v) is 8.69. The van der Waals surface area contributed by atoms with Crippen LogP contribution >= 0.6 is 27.5 Å². The number of nitrogens with zero attached hydrogens (tertiary/aromatic N) is 1. The van der Waals surface area contributed by atoms with Crippen molar-refractivity contribution in [2.45, 2.75) is 0 Å². The molecule has 0 saturated carbocycles. The van der Waals surface area contributed by atoms with Crippen molar-refractivity contribution < 1.29 is 9.13 Å². The first kappa shape index (κ1) is 10.3. The summed E-state index contributed by atoms with van der Waals surface area (Å²) < 4.78 is 18.4. The molecule has 0 N–H and O–H groups in total. The van der Waals surface area contributed by atoms with Crippen molar-refractivity contribution in [2.24, 2.45) is 0 Å². The van der Waals surface area contributed by atoms with Crippen molar-refractivity contribution in [2.75, 3.05) is 6.61 Å². The van der Waals surface area contributed by atoms with Gasteiger partial charge in [0.25, 0.3) is 0 Å². The molecule has 0 bridgehead atoms. The second kappa shape index (κ2) is 4.45. The molecule has 68 valence electrons. The van der Waals surface area contributed by atoms with Crippen LogP contribution in [0, 0.1) is 17.1 Å². The molecule has 2 nitrogen and oxygen atoms in total. The number of hydrogen-bond donors (Lipinski definition) is 0. The van der Waals surface area contributed by atoms with Gasteiger partial charge in [-0.15, -0.1) is 0 Å². The molecule has 1 aromatic rings. The van der Waals surface area contributed by atoms with Gasteiger partial charge in [0, 0.05) is 4.47 Å². The molecule has 0 saturated heterocycles. The van der Waals surface area contributed by atoms with Crippen LogP contribution in [0.5, 0.6) is 5.75 Å². The van der Waals surface area contributed by atoms with Gasteiger partial charge < -0.3 is 4.74 Å². The van der Waals surface area contributed by atoms with E-state index in [4.69, 9.17) is 21.6 Å². The van der Waals surface area contributed by atoms with Crippen molar-refractivity contribution in [3.8, 4) is 11.8 Å². The van der Waals surface area contributed by atoms with Crippen molar-refractivity contribution in [3.05, 3.63) is 27.4 Å². The van der Waals surface area contributed by atoms with E-state index >= 15 is 0 Å². The van der Waals surface area contributed by atoms with E-state index in [1.54, 1.807) is 12.1 Å². The number of hydrogen-bond acceptors (Lipinski definition) is 2. The van der Waals surface area contributed by atoms with E-state index in [2.05, 4.69) is 15.9 Å². The molecule has 0 aliphatic carbocycles. The van der Waals surface area contributed by atoms with Crippen LogP contribution in [0.2, 0.25) is 5.02 Å². The monoisotopic (exact) mass is 263 g/mol. The zero-order valence-electron chi connectivity index (χ0n) is 6.35. The van der Waals surface area contributed by atoms with Crippen molar-refractivity contribution in [3.63, 3.8) is 0 Å². The van der Waals surface area contributed by atoms with Crippen molar-refractivity contribution in [1.29, 1.82) is 5.26 Å². The van der Waals surface area contributed by atoms with Gasteiger partial charge >= 0.3 is 0 Å². The molecule has 0 aliphatic rings. The van der Waals surface area contributed by atoms with Crippen LogP contribution in [0.1, 0.15) is 0 Å². The predicted octanol–water partition coefficient (Wildman–Crippen LogP) is 3.14. The molecule has 0 amide bonds. The van der Waals surface area contributed by atoms with E-state index in [0.29, 0.717) is 4.47 Å². The summed E-state index contributed by atoms with van der Waals surface area (Å²) in [5.74, 6) is -0.680. The molecule has 0 fully saturated rings. The van der Waals surface area contributed by atoms with Crippen LogP contribution in [0.25, 0.3) is 0 Å². The highest BCUT2D eigenvalue weighted by Crippen LogP contribution is 2.31.